The average molecular weight is 178 g/mol. The molecule has 0 bridgehead atoms. The van der Waals surface area contributed by atoms with Gasteiger partial charge in [-0.05, 0) is 31.1 Å². The summed E-state index contributed by atoms with van der Waals surface area (Å²) >= 11 is 0. The van der Waals surface area contributed by atoms with Crippen LogP contribution in [0.1, 0.15) is 32.1 Å². The normalized spacial score (nSPS) is 39.3. The fourth-order valence-corrected chi connectivity index (χ4v) is 2.56. The van der Waals surface area contributed by atoms with Crippen molar-refractivity contribution in [3.05, 3.63) is 24.3 Å². The summed E-state index contributed by atoms with van der Waals surface area (Å²) in [7, 11) is 0. The van der Waals surface area contributed by atoms with Gasteiger partial charge in [0.2, 0.25) is 0 Å². The van der Waals surface area contributed by atoms with Gasteiger partial charge in [-0.2, -0.15) is 0 Å². The van der Waals surface area contributed by atoms with E-state index in [-0.39, 0.29) is 6.10 Å². The van der Waals surface area contributed by atoms with E-state index in [0.717, 1.165) is 12.8 Å². The minimum atomic E-state index is -0.0464. The van der Waals surface area contributed by atoms with E-state index in [1.165, 1.54) is 19.3 Å². The van der Waals surface area contributed by atoms with Gasteiger partial charge in [-0.3, -0.25) is 0 Å². The molecule has 2 aliphatic rings. The second kappa shape index (κ2) is 4.10. The Kier molecular flexibility index (Phi) is 2.84. The van der Waals surface area contributed by atoms with Crippen LogP contribution in [0, 0.1) is 11.8 Å². The molecule has 0 aromatic heterocycles. The van der Waals surface area contributed by atoms with Crippen LogP contribution in [0.4, 0.5) is 0 Å². The molecular weight excluding hydrogens is 160 g/mol. The summed E-state index contributed by atoms with van der Waals surface area (Å²) < 4.78 is 0. The van der Waals surface area contributed by atoms with E-state index in [4.69, 9.17) is 0 Å². The lowest BCUT2D eigenvalue weighted by Gasteiger charge is -2.33. The maximum absolute atomic E-state index is 9.86. The van der Waals surface area contributed by atoms with Crippen LogP contribution in [0.2, 0.25) is 0 Å². The van der Waals surface area contributed by atoms with E-state index >= 15 is 0 Å². The maximum atomic E-state index is 9.86. The van der Waals surface area contributed by atoms with Crippen LogP contribution in [0.5, 0.6) is 0 Å². The van der Waals surface area contributed by atoms with Crippen LogP contribution in [-0.2, 0) is 0 Å². The highest BCUT2D eigenvalue weighted by molar-refractivity contribution is 5.12. The zero-order chi connectivity index (χ0) is 9.10. The van der Waals surface area contributed by atoms with E-state index in [2.05, 4.69) is 24.3 Å². The molecule has 0 amide bonds. The van der Waals surface area contributed by atoms with Gasteiger partial charge < -0.3 is 5.11 Å². The van der Waals surface area contributed by atoms with Crippen LogP contribution >= 0.6 is 0 Å². The highest BCUT2D eigenvalue weighted by atomic mass is 16.3. The van der Waals surface area contributed by atoms with Gasteiger partial charge in [-0.15, -0.1) is 0 Å². The molecule has 1 fully saturated rings. The Morgan fingerprint density at radius 1 is 1.08 bits per heavy atom. The first-order valence-corrected chi connectivity index (χ1v) is 5.39. The SMILES string of the molecule is OC1CCCCC1C1C=CC=CC1. The standard InChI is InChI=1S/C12H18O/c13-12-9-5-4-8-11(12)10-6-2-1-3-7-10/h1-3,6,10-13H,4-5,7-9H2. The van der Waals surface area contributed by atoms with Gasteiger partial charge >= 0.3 is 0 Å². The highest BCUT2D eigenvalue weighted by Crippen LogP contribution is 2.34. The van der Waals surface area contributed by atoms with E-state index in [0.29, 0.717) is 11.8 Å². The molecule has 1 heteroatoms. The van der Waals surface area contributed by atoms with E-state index < -0.39 is 0 Å². The molecule has 3 atom stereocenters. The van der Waals surface area contributed by atoms with Gasteiger partial charge in [-0.25, -0.2) is 0 Å². The van der Waals surface area contributed by atoms with Gasteiger partial charge in [0, 0.05) is 0 Å². The molecular formula is C12H18O. The van der Waals surface area contributed by atoms with Crippen LogP contribution < -0.4 is 0 Å². The van der Waals surface area contributed by atoms with Crippen molar-refractivity contribution >= 4 is 0 Å². The summed E-state index contributed by atoms with van der Waals surface area (Å²) in [4.78, 5) is 0. The van der Waals surface area contributed by atoms with Crippen molar-refractivity contribution in [2.75, 3.05) is 0 Å². The molecule has 3 unspecified atom stereocenters. The highest BCUT2D eigenvalue weighted by Gasteiger charge is 2.28. The fraction of sp³-hybridized carbons (Fsp3) is 0.667. The third-order valence-electron chi connectivity index (χ3n) is 3.35. The number of aliphatic hydroxyl groups is 1. The van der Waals surface area contributed by atoms with E-state index in [1.807, 2.05) is 0 Å². The Balaban J connectivity index is 1.98. The van der Waals surface area contributed by atoms with Crippen molar-refractivity contribution in [3.63, 3.8) is 0 Å². The lowest BCUT2D eigenvalue weighted by Crippen LogP contribution is -2.30. The third-order valence-corrected chi connectivity index (χ3v) is 3.35. The molecule has 0 spiro atoms. The molecule has 1 N–H and O–H groups in total. The number of rotatable bonds is 1. The van der Waals surface area contributed by atoms with Gasteiger partial charge in [0.1, 0.15) is 0 Å². The Morgan fingerprint density at radius 3 is 2.62 bits per heavy atom. The summed E-state index contributed by atoms with van der Waals surface area (Å²) in [5.41, 5.74) is 0. The first-order chi connectivity index (χ1) is 6.38. The second-order valence-corrected chi connectivity index (χ2v) is 4.23. The number of hydrogen-bond donors (Lipinski definition) is 1. The molecule has 1 nitrogen and oxygen atoms in total. The lowest BCUT2D eigenvalue weighted by molar-refractivity contribution is 0.0483. The minimum Gasteiger partial charge on any atom is -0.393 e. The van der Waals surface area contributed by atoms with Gasteiger partial charge in [-0.1, -0.05) is 37.1 Å². The van der Waals surface area contributed by atoms with Crippen molar-refractivity contribution in [1.29, 1.82) is 0 Å². The average Bonchev–Trinajstić information content (AvgIpc) is 2.20. The zero-order valence-electron chi connectivity index (χ0n) is 8.02. The largest absolute Gasteiger partial charge is 0.393 e. The number of allylic oxidation sites excluding steroid dienone is 4. The molecule has 0 radical (unpaired) electrons. The molecule has 2 aliphatic carbocycles. The summed E-state index contributed by atoms with van der Waals surface area (Å²) in [6.45, 7) is 0. The quantitative estimate of drug-likeness (QED) is 0.654. The predicted molar refractivity (Wildman–Crippen MR) is 54.4 cm³/mol. The van der Waals surface area contributed by atoms with Crippen molar-refractivity contribution in [2.24, 2.45) is 11.8 Å². The summed E-state index contributed by atoms with van der Waals surface area (Å²) in [6.07, 6.45) is 14.5. The monoisotopic (exact) mass is 178 g/mol. The van der Waals surface area contributed by atoms with Crippen LogP contribution in [-0.4, -0.2) is 11.2 Å². The number of aliphatic hydroxyl groups excluding tert-OH is 1. The molecule has 0 aromatic rings. The molecule has 13 heavy (non-hydrogen) atoms. The summed E-state index contributed by atoms with van der Waals surface area (Å²) in [6, 6.07) is 0. The zero-order valence-corrected chi connectivity index (χ0v) is 8.02. The van der Waals surface area contributed by atoms with E-state index in [1.54, 1.807) is 0 Å². The Morgan fingerprint density at radius 2 is 1.92 bits per heavy atom. The maximum Gasteiger partial charge on any atom is 0.0574 e. The van der Waals surface area contributed by atoms with Crippen LogP contribution in [0.25, 0.3) is 0 Å². The molecule has 0 aromatic carbocycles. The molecule has 0 saturated heterocycles. The van der Waals surface area contributed by atoms with Crippen molar-refractivity contribution in [1.82, 2.24) is 0 Å². The van der Waals surface area contributed by atoms with Crippen molar-refractivity contribution in [2.45, 2.75) is 38.2 Å². The Hall–Kier alpha value is -0.560. The minimum absolute atomic E-state index is 0.0464. The van der Waals surface area contributed by atoms with Crippen molar-refractivity contribution < 1.29 is 5.11 Å². The van der Waals surface area contributed by atoms with E-state index in [9.17, 15) is 5.11 Å². The van der Waals surface area contributed by atoms with Crippen LogP contribution in [0.15, 0.2) is 24.3 Å². The molecule has 0 heterocycles. The van der Waals surface area contributed by atoms with Gasteiger partial charge in [0.25, 0.3) is 0 Å². The molecule has 1 saturated carbocycles. The molecule has 0 aliphatic heterocycles. The second-order valence-electron chi connectivity index (χ2n) is 4.23. The smallest absolute Gasteiger partial charge is 0.0574 e. The Labute approximate surface area is 80.2 Å². The first kappa shape index (κ1) is 9.01. The number of hydrogen-bond acceptors (Lipinski definition) is 1. The third kappa shape index (κ3) is 2.02. The molecule has 72 valence electrons. The molecule has 2 rings (SSSR count). The first-order valence-electron chi connectivity index (χ1n) is 5.39. The van der Waals surface area contributed by atoms with Crippen LogP contribution in [0.3, 0.4) is 0 Å². The summed E-state index contributed by atoms with van der Waals surface area (Å²) in [5.74, 6) is 1.12. The van der Waals surface area contributed by atoms with Crippen molar-refractivity contribution in [3.8, 4) is 0 Å². The summed E-state index contributed by atoms with van der Waals surface area (Å²) in [5, 5.41) is 9.86. The topological polar surface area (TPSA) is 20.2 Å². The lowest BCUT2D eigenvalue weighted by atomic mass is 9.75. The van der Waals surface area contributed by atoms with Gasteiger partial charge in [0.05, 0.1) is 6.10 Å². The van der Waals surface area contributed by atoms with Gasteiger partial charge in [0.15, 0.2) is 0 Å². The Bertz CT molecular complexity index is 217. The predicted octanol–water partition coefficient (Wildman–Crippen LogP) is 2.67. The fourth-order valence-electron chi connectivity index (χ4n) is 2.56.